The van der Waals surface area contributed by atoms with Gasteiger partial charge in [0.1, 0.15) is 0 Å². The molecule has 1 saturated heterocycles. The number of rotatable bonds is 3. The number of hydrogen-bond donors (Lipinski definition) is 1. The van der Waals surface area contributed by atoms with Gasteiger partial charge in [-0.25, -0.2) is 0 Å². The third kappa shape index (κ3) is 4.14. The highest BCUT2D eigenvalue weighted by Crippen LogP contribution is 2.27. The van der Waals surface area contributed by atoms with Crippen LogP contribution in [0.15, 0.2) is 59.1 Å². The number of benzene rings is 2. The van der Waals surface area contributed by atoms with E-state index in [-0.39, 0.29) is 30.3 Å². The van der Waals surface area contributed by atoms with E-state index in [2.05, 4.69) is 28.1 Å². The monoisotopic (exact) mass is 394 g/mol. The van der Waals surface area contributed by atoms with Crippen LogP contribution in [0.1, 0.15) is 17.0 Å². The Balaban J connectivity index is 0.00000192. The lowest BCUT2D eigenvalue weighted by Crippen LogP contribution is -2.33. The molecule has 0 aliphatic carbocycles. The molecule has 1 aliphatic rings. The largest absolute Gasteiger partial charge is 0.340 e. The summed E-state index contributed by atoms with van der Waals surface area (Å²) in [7, 11) is 0. The van der Waals surface area contributed by atoms with Crippen LogP contribution in [0.2, 0.25) is 0 Å². The zero-order chi connectivity index (χ0) is 15.5. The summed E-state index contributed by atoms with van der Waals surface area (Å²) in [5.74, 6) is 0.366. The van der Waals surface area contributed by atoms with Crippen LogP contribution in [0.5, 0.6) is 0 Å². The van der Waals surface area contributed by atoms with Gasteiger partial charge in [0, 0.05) is 29.5 Å². The second-order valence-electron chi connectivity index (χ2n) is 5.75. The predicted octanol–water partition coefficient (Wildman–Crippen LogP) is 3.37. The molecule has 3 nitrogen and oxygen atoms in total. The third-order valence-electron chi connectivity index (χ3n) is 4.25. The van der Waals surface area contributed by atoms with Gasteiger partial charge < -0.3 is 10.6 Å². The molecule has 0 saturated carbocycles. The minimum absolute atomic E-state index is 0. The van der Waals surface area contributed by atoms with Crippen LogP contribution in [0.3, 0.4) is 0 Å². The van der Waals surface area contributed by atoms with Gasteiger partial charge in [0.15, 0.2) is 0 Å². The van der Waals surface area contributed by atoms with E-state index in [4.69, 9.17) is 5.73 Å². The molecule has 0 spiro atoms. The lowest BCUT2D eigenvalue weighted by atomic mass is 9.95. The summed E-state index contributed by atoms with van der Waals surface area (Å²) in [5, 5.41) is 0. The standard InChI is InChI=1S/C18H19BrN2O.ClH/c19-16-9-5-4-8-14(16)10-18(22)21-11-15(17(20)12-21)13-6-2-1-3-7-13;/h1-9,15,17H,10-12,20H2;1H/t15-,17+;/m0./s1. The molecule has 2 aromatic rings. The Kier molecular flexibility index (Phi) is 6.22. The van der Waals surface area contributed by atoms with E-state index in [1.165, 1.54) is 5.56 Å². The third-order valence-corrected chi connectivity index (χ3v) is 5.02. The Morgan fingerprint density at radius 3 is 2.43 bits per heavy atom. The number of halogens is 2. The molecule has 2 aromatic carbocycles. The number of carbonyl (C=O) groups is 1. The number of amides is 1. The van der Waals surface area contributed by atoms with Crippen molar-refractivity contribution in [2.45, 2.75) is 18.4 Å². The molecule has 2 N–H and O–H groups in total. The van der Waals surface area contributed by atoms with Gasteiger partial charge in [0.25, 0.3) is 0 Å². The van der Waals surface area contributed by atoms with E-state index in [1.54, 1.807) is 0 Å². The Morgan fingerprint density at radius 2 is 1.74 bits per heavy atom. The fourth-order valence-corrected chi connectivity index (χ4v) is 3.43. The van der Waals surface area contributed by atoms with Crippen molar-refractivity contribution in [2.75, 3.05) is 13.1 Å². The maximum absolute atomic E-state index is 12.5. The highest BCUT2D eigenvalue weighted by molar-refractivity contribution is 9.10. The summed E-state index contributed by atoms with van der Waals surface area (Å²) in [6.45, 7) is 1.33. The van der Waals surface area contributed by atoms with Crippen LogP contribution in [-0.4, -0.2) is 29.9 Å². The van der Waals surface area contributed by atoms with E-state index >= 15 is 0 Å². The summed E-state index contributed by atoms with van der Waals surface area (Å²) in [6.07, 6.45) is 0.412. The minimum Gasteiger partial charge on any atom is -0.340 e. The lowest BCUT2D eigenvalue weighted by molar-refractivity contribution is -0.129. The van der Waals surface area contributed by atoms with Crippen LogP contribution in [-0.2, 0) is 11.2 Å². The van der Waals surface area contributed by atoms with E-state index in [1.807, 2.05) is 47.4 Å². The van der Waals surface area contributed by atoms with Crippen molar-refractivity contribution in [1.29, 1.82) is 0 Å². The molecule has 0 aromatic heterocycles. The first-order valence-electron chi connectivity index (χ1n) is 7.47. The second-order valence-corrected chi connectivity index (χ2v) is 6.60. The van der Waals surface area contributed by atoms with Crippen molar-refractivity contribution in [3.63, 3.8) is 0 Å². The van der Waals surface area contributed by atoms with Crippen LogP contribution >= 0.6 is 28.3 Å². The molecule has 1 aliphatic heterocycles. The molecule has 0 radical (unpaired) electrons. The summed E-state index contributed by atoms with van der Waals surface area (Å²) in [6, 6.07) is 18.1. The van der Waals surface area contributed by atoms with Gasteiger partial charge in [-0.15, -0.1) is 12.4 Å². The van der Waals surface area contributed by atoms with Crippen molar-refractivity contribution in [3.05, 3.63) is 70.2 Å². The second kappa shape index (κ2) is 7.95. The van der Waals surface area contributed by atoms with Gasteiger partial charge in [0.05, 0.1) is 6.42 Å². The Labute approximate surface area is 151 Å². The molecule has 1 amide bonds. The van der Waals surface area contributed by atoms with Crippen molar-refractivity contribution in [1.82, 2.24) is 4.90 Å². The molecule has 1 heterocycles. The number of carbonyl (C=O) groups excluding carboxylic acids is 1. The fraction of sp³-hybridized carbons (Fsp3) is 0.278. The molecule has 0 unspecified atom stereocenters. The first-order valence-corrected chi connectivity index (χ1v) is 8.26. The number of hydrogen-bond acceptors (Lipinski definition) is 2. The number of nitrogens with two attached hydrogens (primary N) is 1. The normalized spacial score (nSPS) is 20.2. The van der Waals surface area contributed by atoms with Crippen molar-refractivity contribution in [3.8, 4) is 0 Å². The molecule has 23 heavy (non-hydrogen) atoms. The predicted molar refractivity (Wildman–Crippen MR) is 98.8 cm³/mol. The van der Waals surface area contributed by atoms with Crippen LogP contribution in [0, 0.1) is 0 Å². The summed E-state index contributed by atoms with van der Waals surface area (Å²) in [4.78, 5) is 14.4. The molecule has 2 atom stereocenters. The number of likely N-dealkylation sites (tertiary alicyclic amines) is 1. The maximum Gasteiger partial charge on any atom is 0.227 e. The molecule has 1 fully saturated rings. The van der Waals surface area contributed by atoms with Crippen molar-refractivity contribution < 1.29 is 4.79 Å². The lowest BCUT2D eigenvalue weighted by Gasteiger charge is -2.17. The average molecular weight is 396 g/mol. The zero-order valence-electron chi connectivity index (χ0n) is 12.7. The molecule has 5 heteroatoms. The van der Waals surface area contributed by atoms with Gasteiger partial charge >= 0.3 is 0 Å². The van der Waals surface area contributed by atoms with E-state index in [0.717, 1.165) is 10.0 Å². The highest BCUT2D eigenvalue weighted by atomic mass is 79.9. The minimum atomic E-state index is 0. The highest BCUT2D eigenvalue weighted by Gasteiger charge is 2.33. The summed E-state index contributed by atoms with van der Waals surface area (Å²) in [5.41, 5.74) is 8.49. The first kappa shape index (κ1) is 18.0. The molecule has 122 valence electrons. The van der Waals surface area contributed by atoms with Crippen LogP contribution in [0.4, 0.5) is 0 Å². The van der Waals surface area contributed by atoms with Gasteiger partial charge in [-0.2, -0.15) is 0 Å². The van der Waals surface area contributed by atoms with E-state index in [9.17, 15) is 4.79 Å². The summed E-state index contributed by atoms with van der Waals surface area (Å²) < 4.78 is 0.978. The van der Waals surface area contributed by atoms with Crippen LogP contribution in [0.25, 0.3) is 0 Å². The Hall–Kier alpha value is -1.36. The zero-order valence-corrected chi connectivity index (χ0v) is 15.1. The van der Waals surface area contributed by atoms with Gasteiger partial charge in [-0.1, -0.05) is 64.5 Å². The Morgan fingerprint density at radius 1 is 1.09 bits per heavy atom. The van der Waals surface area contributed by atoms with Crippen molar-refractivity contribution >= 4 is 34.2 Å². The smallest absolute Gasteiger partial charge is 0.227 e. The molecule has 3 rings (SSSR count). The van der Waals surface area contributed by atoms with Gasteiger partial charge in [-0.05, 0) is 17.2 Å². The van der Waals surface area contributed by atoms with E-state index < -0.39 is 0 Å². The average Bonchev–Trinajstić information content (AvgIpc) is 2.92. The first-order chi connectivity index (χ1) is 10.6. The molecular weight excluding hydrogens is 376 g/mol. The van der Waals surface area contributed by atoms with Gasteiger partial charge in [0.2, 0.25) is 5.91 Å². The maximum atomic E-state index is 12.5. The SMILES string of the molecule is Cl.N[C@@H]1CN(C(=O)Cc2ccccc2Br)C[C@H]1c1ccccc1. The Bertz CT molecular complexity index is 665. The molecule has 0 bridgehead atoms. The summed E-state index contributed by atoms with van der Waals surface area (Å²) >= 11 is 3.50. The molecular formula is C18H20BrClN2O. The van der Waals surface area contributed by atoms with Gasteiger partial charge in [-0.3, -0.25) is 4.79 Å². The van der Waals surface area contributed by atoms with Crippen LogP contribution < -0.4 is 5.73 Å². The quantitative estimate of drug-likeness (QED) is 0.866. The topological polar surface area (TPSA) is 46.3 Å². The number of nitrogens with zero attached hydrogens (tertiary/aromatic N) is 1. The van der Waals surface area contributed by atoms with E-state index in [0.29, 0.717) is 19.5 Å². The van der Waals surface area contributed by atoms with Crippen molar-refractivity contribution in [2.24, 2.45) is 5.73 Å². The fourth-order valence-electron chi connectivity index (χ4n) is 3.00.